The van der Waals surface area contributed by atoms with Crippen LogP contribution in [-0.4, -0.2) is 26.3 Å². The molecule has 0 aromatic heterocycles. The molecule has 1 aromatic rings. The topological polar surface area (TPSA) is 18.5 Å². The van der Waals surface area contributed by atoms with Crippen molar-refractivity contribution in [2.45, 2.75) is 18.9 Å². The van der Waals surface area contributed by atoms with Crippen molar-refractivity contribution in [1.29, 1.82) is 0 Å². The smallest absolute Gasteiger partial charge is 0.490 e. The second kappa shape index (κ2) is 7.31. The molecule has 0 unspecified atom stereocenters. The van der Waals surface area contributed by atoms with Crippen LogP contribution in [-0.2, 0) is 4.74 Å². The summed E-state index contributed by atoms with van der Waals surface area (Å²) < 4.78 is 47.9. The van der Waals surface area contributed by atoms with Gasteiger partial charge in [-0.05, 0) is 12.1 Å². The molecule has 0 atom stereocenters. The van der Waals surface area contributed by atoms with Crippen LogP contribution in [0.2, 0.25) is 0 Å². The summed E-state index contributed by atoms with van der Waals surface area (Å²) in [4.78, 5) is 0. The van der Waals surface area contributed by atoms with E-state index in [0.29, 0.717) is 19.0 Å². The third kappa shape index (κ3) is 4.86. The minimum atomic E-state index is -4.92. The summed E-state index contributed by atoms with van der Waals surface area (Å²) in [5, 5.41) is 0. The molecule has 0 saturated carbocycles. The fourth-order valence-corrected chi connectivity index (χ4v) is 1.75. The number of rotatable bonds is 3. The van der Waals surface area contributed by atoms with Gasteiger partial charge in [0.25, 0.3) is 0 Å². The zero-order valence-electron chi connectivity index (χ0n) is 10.2. The molecule has 0 N–H and O–H groups in total. The molecule has 1 heterocycles. The van der Waals surface area contributed by atoms with Crippen molar-refractivity contribution in [1.82, 2.24) is 0 Å². The maximum absolute atomic E-state index is 12.4. The predicted octanol–water partition coefficient (Wildman–Crippen LogP) is -0.697. The molecule has 0 aliphatic carbocycles. The summed E-state index contributed by atoms with van der Waals surface area (Å²) in [6.45, 7) is -3.63. The molecular weight excluding hydrogens is 271 g/mol. The van der Waals surface area contributed by atoms with E-state index in [1.807, 2.05) is 0 Å². The average Bonchev–Trinajstić information content (AvgIpc) is 2.30. The zero-order valence-corrected chi connectivity index (χ0v) is 13.4. The Kier molecular flexibility index (Phi) is 6.71. The van der Waals surface area contributed by atoms with E-state index in [1.54, 1.807) is 0 Å². The van der Waals surface area contributed by atoms with E-state index in [4.69, 9.17) is 9.47 Å². The zero-order chi connectivity index (χ0) is 12.3. The van der Waals surface area contributed by atoms with E-state index < -0.39 is 12.4 Å². The second-order valence-electron chi connectivity index (χ2n) is 4.07. The van der Waals surface area contributed by atoms with Gasteiger partial charge in [0, 0.05) is 12.8 Å². The Labute approximate surface area is 147 Å². The van der Waals surface area contributed by atoms with Gasteiger partial charge in [-0.15, -0.1) is 5.46 Å². The molecule has 0 amide bonds. The van der Waals surface area contributed by atoms with Crippen LogP contribution in [0.3, 0.4) is 0 Å². The summed E-state index contributed by atoms with van der Waals surface area (Å²) >= 11 is 0. The van der Waals surface area contributed by atoms with Gasteiger partial charge >= 0.3 is 58.4 Å². The SMILES string of the molecule is F[B-](F)(F)c1ccc(OC2CCOCC2)cc1.[K+]. The molecular formula is C11H13BF3KO2. The van der Waals surface area contributed by atoms with Gasteiger partial charge in [0.05, 0.1) is 13.2 Å². The first-order chi connectivity index (χ1) is 8.05. The Hall–Kier alpha value is 0.471. The normalized spacial score (nSPS) is 17.1. The number of hydrogen-bond acceptors (Lipinski definition) is 2. The first kappa shape index (κ1) is 16.5. The molecule has 0 bridgehead atoms. The quantitative estimate of drug-likeness (QED) is 0.684. The molecule has 0 spiro atoms. The van der Waals surface area contributed by atoms with E-state index in [0.717, 1.165) is 25.0 Å². The molecule has 2 nitrogen and oxygen atoms in total. The van der Waals surface area contributed by atoms with Crippen LogP contribution in [0.15, 0.2) is 24.3 Å². The maximum Gasteiger partial charge on any atom is 1.00 e. The summed E-state index contributed by atoms with van der Waals surface area (Å²) in [5.74, 6) is 0.487. The molecule has 2 rings (SSSR count). The Balaban J connectivity index is 0.00000162. The van der Waals surface area contributed by atoms with Gasteiger partial charge in [-0.1, -0.05) is 12.1 Å². The van der Waals surface area contributed by atoms with Gasteiger partial charge in [0.15, 0.2) is 0 Å². The van der Waals surface area contributed by atoms with Crippen LogP contribution in [0.4, 0.5) is 12.9 Å². The van der Waals surface area contributed by atoms with Crippen LogP contribution in [0.1, 0.15) is 12.8 Å². The maximum atomic E-state index is 12.4. The second-order valence-corrected chi connectivity index (χ2v) is 4.07. The third-order valence-corrected chi connectivity index (χ3v) is 2.73. The predicted molar refractivity (Wildman–Crippen MR) is 59.6 cm³/mol. The number of ether oxygens (including phenoxy) is 2. The molecule has 1 saturated heterocycles. The van der Waals surface area contributed by atoms with E-state index >= 15 is 0 Å². The minimum absolute atomic E-state index is 0. The van der Waals surface area contributed by atoms with Gasteiger partial charge < -0.3 is 22.4 Å². The molecule has 1 aromatic carbocycles. The Morgan fingerprint density at radius 1 is 1.06 bits per heavy atom. The Morgan fingerprint density at radius 3 is 2.11 bits per heavy atom. The van der Waals surface area contributed by atoms with Crippen LogP contribution >= 0.6 is 0 Å². The first-order valence-electron chi connectivity index (χ1n) is 5.60. The van der Waals surface area contributed by atoms with Crippen LogP contribution in [0, 0.1) is 0 Å². The van der Waals surface area contributed by atoms with E-state index in [9.17, 15) is 12.9 Å². The fourth-order valence-electron chi connectivity index (χ4n) is 1.75. The summed E-state index contributed by atoms with van der Waals surface area (Å²) in [6.07, 6.45) is 1.61. The van der Waals surface area contributed by atoms with Crippen LogP contribution in [0.25, 0.3) is 0 Å². The summed E-state index contributed by atoms with van der Waals surface area (Å²) in [6, 6.07) is 4.88. The molecule has 1 aliphatic heterocycles. The molecule has 1 fully saturated rings. The Morgan fingerprint density at radius 2 is 1.61 bits per heavy atom. The van der Waals surface area contributed by atoms with E-state index in [2.05, 4.69) is 0 Å². The van der Waals surface area contributed by atoms with Gasteiger partial charge in [0.1, 0.15) is 11.9 Å². The summed E-state index contributed by atoms with van der Waals surface area (Å²) in [5.41, 5.74) is -0.593. The van der Waals surface area contributed by atoms with Crippen molar-refractivity contribution in [2.75, 3.05) is 13.2 Å². The van der Waals surface area contributed by atoms with Gasteiger partial charge in [-0.2, -0.15) is 0 Å². The Bertz CT molecular complexity index is 364. The van der Waals surface area contributed by atoms with Crippen molar-refractivity contribution < 1.29 is 73.8 Å². The first-order valence-corrected chi connectivity index (χ1v) is 5.60. The standard InChI is InChI=1S/C11H13BF3O2.K/c13-12(14,15)9-1-3-10(4-2-9)17-11-5-7-16-8-6-11;/h1-4,11H,5-8H2;/q-1;+1. The molecule has 94 valence electrons. The van der Waals surface area contributed by atoms with E-state index in [-0.39, 0.29) is 57.5 Å². The minimum Gasteiger partial charge on any atom is -0.490 e. The average molecular weight is 284 g/mol. The molecule has 1 aliphatic rings. The largest absolute Gasteiger partial charge is 1.00 e. The van der Waals surface area contributed by atoms with Crippen LogP contribution < -0.4 is 61.6 Å². The summed E-state index contributed by atoms with van der Waals surface area (Å²) in [7, 11) is 0. The molecule has 7 heteroatoms. The third-order valence-electron chi connectivity index (χ3n) is 2.73. The monoisotopic (exact) mass is 284 g/mol. The number of halogens is 3. The van der Waals surface area contributed by atoms with Crippen molar-refractivity contribution in [3.8, 4) is 5.75 Å². The van der Waals surface area contributed by atoms with Crippen molar-refractivity contribution >= 4 is 12.4 Å². The van der Waals surface area contributed by atoms with Crippen molar-refractivity contribution in [2.24, 2.45) is 0 Å². The van der Waals surface area contributed by atoms with Crippen molar-refractivity contribution in [3.05, 3.63) is 24.3 Å². The van der Waals surface area contributed by atoms with Gasteiger partial charge in [-0.25, -0.2) is 0 Å². The molecule has 18 heavy (non-hydrogen) atoms. The van der Waals surface area contributed by atoms with Gasteiger partial charge in [-0.3, -0.25) is 0 Å². The number of benzene rings is 1. The van der Waals surface area contributed by atoms with Gasteiger partial charge in [0.2, 0.25) is 0 Å². The molecule has 0 radical (unpaired) electrons. The fraction of sp³-hybridized carbons (Fsp3) is 0.455. The number of hydrogen-bond donors (Lipinski definition) is 0. The van der Waals surface area contributed by atoms with E-state index in [1.165, 1.54) is 12.1 Å². The van der Waals surface area contributed by atoms with Crippen molar-refractivity contribution in [3.63, 3.8) is 0 Å². The van der Waals surface area contributed by atoms with Crippen LogP contribution in [0.5, 0.6) is 5.75 Å².